The molecule has 0 radical (unpaired) electrons. The van der Waals surface area contributed by atoms with E-state index in [4.69, 9.17) is 34.4 Å². The van der Waals surface area contributed by atoms with Crippen molar-refractivity contribution in [3.05, 3.63) is 174 Å². The van der Waals surface area contributed by atoms with E-state index in [9.17, 15) is 4.39 Å². The number of ether oxygens (including phenoxy) is 5. The van der Waals surface area contributed by atoms with Crippen molar-refractivity contribution in [2.75, 3.05) is 25.7 Å². The van der Waals surface area contributed by atoms with Gasteiger partial charge in [0.25, 0.3) is 0 Å². The van der Waals surface area contributed by atoms with Crippen molar-refractivity contribution in [1.82, 2.24) is 9.58 Å². The maximum atomic E-state index is 13.7. The molecule has 3 heterocycles. The molecule has 4 atom stereocenters. The van der Waals surface area contributed by atoms with Crippen LogP contribution in [-0.2, 0) is 45.3 Å². The van der Waals surface area contributed by atoms with Crippen molar-refractivity contribution in [3.8, 4) is 16.9 Å². The van der Waals surface area contributed by atoms with E-state index in [0.29, 0.717) is 26.4 Å². The first kappa shape index (κ1) is 38.1. The summed E-state index contributed by atoms with van der Waals surface area (Å²) >= 11 is 0. The van der Waals surface area contributed by atoms with Gasteiger partial charge in [-0.15, -0.1) is 0 Å². The number of halogens is 1. The molecule has 8 rings (SSSR count). The monoisotopic (exact) mass is 767 g/mol. The third kappa shape index (κ3) is 8.63. The van der Waals surface area contributed by atoms with Crippen molar-refractivity contribution in [3.63, 3.8) is 0 Å². The largest absolute Gasteiger partial charge is 0.497 e. The molecule has 1 aromatic heterocycles. The highest BCUT2D eigenvalue weighted by Gasteiger charge is 2.57. The van der Waals surface area contributed by atoms with Gasteiger partial charge in [-0.2, -0.15) is 0 Å². The number of benzene rings is 5. The quantitative estimate of drug-likeness (QED) is 0.101. The maximum Gasteiger partial charge on any atom is 0.165 e. The Bertz CT molecular complexity index is 2220. The number of nitrogens with two attached hydrogens (primary N) is 1. The summed E-state index contributed by atoms with van der Waals surface area (Å²) in [5, 5.41) is 1.88. The van der Waals surface area contributed by atoms with Crippen molar-refractivity contribution in [2.24, 2.45) is 10.7 Å². The summed E-state index contributed by atoms with van der Waals surface area (Å²) in [6.45, 7) is 1.68. The second-order valence-electron chi connectivity index (χ2n) is 14.2. The predicted molar refractivity (Wildman–Crippen MR) is 218 cm³/mol. The Morgan fingerprint density at radius 3 is 2.07 bits per heavy atom. The first-order chi connectivity index (χ1) is 28.0. The molecule has 6 aromatic rings. The summed E-state index contributed by atoms with van der Waals surface area (Å²) in [6, 6.07) is 44.3. The zero-order valence-electron chi connectivity index (χ0n) is 31.7. The van der Waals surface area contributed by atoms with E-state index < -0.39 is 24.0 Å². The standard InChI is InChI=1S/C46H46FN5O5/c1-53-39-23-17-35(18-24-39)27-54-31-46(30-48)43(56-29-34-13-7-3-8-14-34)42(55-28-33-11-5-2-6-12-33)45(57-46)52-26-40(36-15-9-4-10-16-36)41-25-51(32-49-44(41)52)50-38-21-19-37(47)20-22-38/h2-24,26,32,42-43,45,50H,25,27-31,48H2,1H3/t42-,43+,45-,46-/m1/s1. The molecule has 57 heavy (non-hydrogen) atoms. The van der Waals surface area contributed by atoms with E-state index in [1.165, 1.54) is 12.1 Å². The minimum absolute atomic E-state index is 0.102. The average molecular weight is 768 g/mol. The second kappa shape index (κ2) is 17.5. The Balaban J connectivity index is 1.18. The third-order valence-corrected chi connectivity index (χ3v) is 10.4. The van der Waals surface area contributed by atoms with Crippen LogP contribution in [0.4, 0.5) is 15.9 Å². The molecule has 0 amide bonds. The third-order valence-electron chi connectivity index (χ3n) is 10.4. The van der Waals surface area contributed by atoms with Crippen LogP contribution in [0, 0.1) is 5.82 Å². The van der Waals surface area contributed by atoms with Gasteiger partial charge in [0, 0.05) is 23.9 Å². The van der Waals surface area contributed by atoms with Crippen molar-refractivity contribution < 1.29 is 28.1 Å². The SMILES string of the molecule is COc1ccc(COC[C@@]2(CN)O[C@@H](n3cc(-c4ccccc4)c4c3N=CN(Nc3ccc(F)cc3)C4)[C@H](OCc3ccccc3)[C@@H]2OCc2ccccc2)cc1. The van der Waals surface area contributed by atoms with Gasteiger partial charge in [-0.3, -0.25) is 10.4 Å². The first-order valence-electron chi connectivity index (χ1n) is 19.0. The van der Waals surface area contributed by atoms with Gasteiger partial charge in [0.05, 0.1) is 45.8 Å². The fourth-order valence-corrected chi connectivity index (χ4v) is 7.39. The van der Waals surface area contributed by atoms with Crippen LogP contribution < -0.4 is 15.9 Å². The molecule has 10 nitrogen and oxygen atoms in total. The summed E-state index contributed by atoms with van der Waals surface area (Å²) in [5.74, 6) is 1.19. The van der Waals surface area contributed by atoms with Gasteiger partial charge < -0.3 is 34.0 Å². The van der Waals surface area contributed by atoms with E-state index in [2.05, 4.69) is 28.3 Å². The van der Waals surface area contributed by atoms with Crippen LogP contribution >= 0.6 is 0 Å². The van der Waals surface area contributed by atoms with Crippen LogP contribution in [0.15, 0.2) is 151 Å². The molecule has 292 valence electrons. The molecule has 5 aromatic carbocycles. The van der Waals surface area contributed by atoms with Crippen molar-refractivity contribution in [1.29, 1.82) is 0 Å². The smallest absolute Gasteiger partial charge is 0.165 e. The lowest BCUT2D eigenvalue weighted by Gasteiger charge is -2.34. The zero-order chi connectivity index (χ0) is 39.0. The number of rotatable bonds is 16. The Labute approximate surface area is 332 Å². The summed E-state index contributed by atoms with van der Waals surface area (Å²) in [5.41, 5.74) is 15.7. The first-order valence-corrected chi connectivity index (χ1v) is 19.0. The minimum Gasteiger partial charge on any atom is -0.497 e. The van der Waals surface area contributed by atoms with Gasteiger partial charge in [-0.25, -0.2) is 9.38 Å². The number of methoxy groups -OCH3 is 1. The molecule has 0 aliphatic carbocycles. The number of hydrogen-bond acceptors (Lipinski definition) is 9. The molecule has 1 saturated heterocycles. The second-order valence-corrected chi connectivity index (χ2v) is 14.2. The van der Waals surface area contributed by atoms with Crippen LogP contribution in [0.1, 0.15) is 28.5 Å². The summed E-state index contributed by atoms with van der Waals surface area (Å²) in [7, 11) is 1.65. The van der Waals surface area contributed by atoms with Crippen LogP contribution in [0.2, 0.25) is 0 Å². The predicted octanol–water partition coefficient (Wildman–Crippen LogP) is 8.42. The lowest BCUT2D eigenvalue weighted by Crippen LogP contribution is -2.54. The average Bonchev–Trinajstić information content (AvgIpc) is 3.79. The highest BCUT2D eigenvalue weighted by Crippen LogP contribution is 2.47. The van der Waals surface area contributed by atoms with Gasteiger partial charge in [0.15, 0.2) is 6.23 Å². The Kier molecular flexibility index (Phi) is 11.7. The molecule has 2 aliphatic rings. The van der Waals surface area contributed by atoms with Gasteiger partial charge in [-0.1, -0.05) is 103 Å². The topological polar surface area (TPSA) is 105 Å². The maximum absolute atomic E-state index is 13.7. The van der Waals surface area contributed by atoms with E-state index in [1.54, 1.807) is 25.6 Å². The highest BCUT2D eigenvalue weighted by molar-refractivity contribution is 5.77. The highest BCUT2D eigenvalue weighted by atomic mass is 19.1. The molecule has 11 heteroatoms. The van der Waals surface area contributed by atoms with Crippen molar-refractivity contribution >= 4 is 17.8 Å². The van der Waals surface area contributed by atoms with E-state index in [-0.39, 0.29) is 19.0 Å². The van der Waals surface area contributed by atoms with Gasteiger partial charge in [0.2, 0.25) is 0 Å². The fourth-order valence-electron chi connectivity index (χ4n) is 7.39. The molecule has 1 fully saturated rings. The molecule has 0 bridgehead atoms. The lowest BCUT2D eigenvalue weighted by atomic mass is 9.95. The zero-order valence-corrected chi connectivity index (χ0v) is 31.7. The fraction of sp³-hybridized carbons (Fsp3) is 0.239. The number of nitrogens with zero attached hydrogens (tertiary/aromatic N) is 3. The molecular weight excluding hydrogens is 722 g/mol. The molecule has 0 saturated carbocycles. The number of nitrogens with one attached hydrogen (secondary N) is 1. The lowest BCUT2D eigenvalue weighted by molar-refractivity contribution is -0.151. The van der Waals surface area contributed by atoms with E-state index in [0.717, 1.165) is 50.6 Å². The number of hydrogen-bond donors (Lipinski definition) is 2. The number of fused-ring (bicyclic) bond motifs is 1. The number of anilines is 1. The van der Waals surface area contributed by atoms with Gasteiger partial charge in [0.1, 0.15) is 41.5 Å². The van der Waals surface area contributed by atoms with Gasteiger partial charge in [-0.05, 0) is 58.7 Å². The van der Waals surface area contributed by atoms with E-state index in [1.807, 2.05) is 108 Å². The molecule has 3 N–H and O–H groups in total. The summed E-state index contributed by atoms with van der Waals surface area (Å²) in [4.78, 5) is 5.02. The molecule has 0 unspecified atom stereocenters. The van der Waals surface area contributed by atoms with Crippen LogP contribution in [0.3, 0.4) is 0 Å². The molecular formula is C46H46FN5O5. The molecule has 0 spiro atoms. The Morgan fingerprint density at radius 2 is 1.42 bits per heavy atom. The Hall–Kier alpha value is -5.82. The van der Waals surface area contributed by atoms with Crippen molar-refractivity contribution in [2.45, 2.75) is 50.4 Å². The summed E-state index contributed by atoms with van der Waals surface area (Å²) in [6.07, 6.45) is 1.84. The normalized spacial score (nSPS) is 20.1. The van der Waals surface area contributed by atoms with Crippen LogP contribution in [0.5, 0.6) is 5.75 Å². The van der Waals surface area contributed by atoms with Crippen LogP contribution in [0.25, 0.3) is 11.1 Å². The number of aromatic nitrogens is 1. The minimum atomic E-state index is -1.11. The van der Waals surface area contributed by atoms with E-state index >= 15 is 0 Å². The molecule has 2 aliphatic heterocycles. The number of hydrazine groups is 1. The number of aliphatic imine (C=N–C) groups is 1. The van der Waals surface area contributed by atoms with Crippen LogP contribution in [-0.4, -0.2) is 54.0 Å². The van der Waals surface area contributed by atoms with Gasteiger partial charge >= 0.3 is 0 Å². The summed E-state index contributed by atoms with van der Waals surface area (Å²) < 4.78 is 48.6. The Morgan fingerprint density at radius 1 is 0.789 bits per heavy atom.